The topological polar surface area (TPSA) is 64.3 Å². The third-order valence-corrected chi connectivity index (χ3v) is 3.26. The fraction of sp³-hybridized carbons (Fsp3) is 0.235. The second-order valence-electron chi connectivity index (χ2n) is 4.77. The first-order valence-electron chi connectivity index (χ1n) is 6.93. The van der Waals surface area contributed by atoms with Crippen molar-refractivity contribution in [2.75, 3.05) is 13.7 Å². The third-order valence-electron chi connectivity index (χ3n) is 3.26. The van der Waals surface area contributed by atoms with E-state index in [0.29, 0.717) is 18.7 Å². The van der Waals surface area contributed by atoms with Crippen LogP contribution >= 0.6 is 0 Å². The van der Waals surface area contributed by atoms with Crippen LogP contribution in [-0.2, 0) is 13.0 Å². The lowest BCUT2D eigenvalue weighted by atomic mass is 10.1. The predicted octanol–water partition coefficient (Wildman–Crippen LogP) is 2.13. The molecule has 2 rings (SSSR count). The summed E-state index contributed by atoms with van der Waals surface area (Å²) in [6.07, 6.45) is 0.827. The highest BCUT2D eigenvalue weighted by Gasteiger charge is 2.05. The van der Waals surface area contributed by atoms with E-state index in [-0.39, 0.29) is 5.91 Å². The maximum Gasteiger partial charge on any atom is 0.251 e. The van der Waals surface area contributed by atoms with Crippen molar-refractivity contribution >= 4 is 5.91 Å². The van der Waals surface area contributed by atoms with Crippen LogP contribution in [0.5, 0.6) is 5.75 Å². The van der Waals surface area contributed by atoms with Gasteiger partial charge in [0.2, 0.25) is 0 Å². The molecule has 4 nitrogen and oxygen atoms in total. The summed E-state index contributed by atoms with van der Waals surface area (Å²) in [6, 6.07) is 15.2. The molecule has 0 radical (unpaired) electrons. The molecule has 2 aromatic carbocycles. The molecule has 1 amide bonds. The van der Waals surface area contributed by atoms with Crippen molar-refractivity contribution in [1.82, 2.24) is 5.32 Å². The van der Waals surface area contributed by atoms with Crippen LogP contribution in [0.3, 0.4) is 0 Å². The highest BCUT2D eigenvalue weighted by Crippen LogP contribution is 2.11. The number of nitrogens with one attached hydrogen (secondary N) is 1. The summed E-state index contributed by atoms with van der Waals surface area (Å²) in [4.78, 5) is 12.0. The largest absolute Gasteiger partial charge is 0.497 e. The number of carbonyl (C=O) groups excluding carboxylic acids is 1. The van der Waals surface area contributed by atoms with E-state index in [0.717, 1.165) is 23.3 Å². The standard InChI is InChI=1S/C17H20N2O2/c1-21-16-8-4-14(5-9-16)12-19-17(20)15-6-2-13(3-7-15)10-11-18/h2-9H,10-12,18H2,1H3,(H,19,20). The minimum atomic E-state index is -0.0786. The van der Waals surface area contributed by atoms with Crippen LogP contribution in [0.2, 0.25) is 0 Å². The Labute approximate surface area is 124 Å². The number of hydrogen-bond donors (Lipinski definition) is 2. The average molecular weight is 284 g/mol. The van der Waals surface area contributed by atoms with Gasteiger partial charge in [0.1, 0.15) is 5.75 Å². The summed E-state index contributed by atoms with van der Waals surface area (Å²) in [5, 5.41) is 2.90. The van der Waals surface area contributed by atoms with Crippen molar-refractivity contribution in [2.45, 2.75) is 13.0 Å². The van der Waals surface area contributed by atoms with Crippen LogP contribution in [0.15, 0.2) is 48.5 Å². The molecule has 0 bridgehead atoms. The van der Waals surface area contributed by atoms with Crippen LogP contribution in [0, 0.1) is 0 Å². The van der Waals surface area contributed by atoms with Gasteiger partial charge in [0.25, 0.3) is 5.91 Å². The quantitative estimate of drug-likeness (QED) is 0.854. The van der Waals surface area contributed by atoms with Gasteiger partial charge in [0.05, 0.1) is 7.11 Å². The fourth-order valence-electron chi connectivity index (χ4n) is 2.02. The van der Waals surface area contributed by atoms with Crippen molar-refractivity contribution < 1.29 is 9.53 Å². The molecule has 0 aliphatic rings. The van der Waals surface area contributed by atoms with Gasteiger partial charge >= 0.3 is 0 Å². The summed E-state index contributed by atoms with van der Waals surface area (Å²) < 4.78 is 5.10. The van der Waals surface area contributed by atoms with Gasteiger partial charge < -0.3 is 15.8 Å². The van der Waals surface area contributed by atoms with E-state index in [2.05, 4.69) is 5.32 Å². The van der Waals surface area contributed by atoms with Crippen LogP contribution in [0.4, 0.5) is 0 Å². The monoisotopic (exact) mass is 284 g/mol. The van der Waals surface area contributed by atoms with Crippen LogP contribution in [-0.4, -0.2) is 19.6 Å². The highest BCUT2D eigenvalue weighted by molar-refractivity contribution is 5.94. The smallest absolute Gasteiger partial charge is 0.251 e. The first kappa shape index (κ1) is 15.1. The normalized spacial score (nSPS) is 10.2. The number of rotatable bonds is 6. The number of benzene rings is 2. The van der Waals surface area contributed by atoms with E-state index in [1.54, 1.807) is 7.11 Å². The summed E-state index contributed by atoms with van der Waals surface area (Å²) in [6.45, 7) is 1.11. The van der Waals surface area contributed by atoms with E-state index >= 15 is 0 Å². The summed E-state index contributed by atoms with van der Waals surface area (Å²) >= 11 is 0. The first-order valence-corrected chi connectivity index (χ1v) is 6.93. The number of amides is 1. The molecule has 21 heavy (non-hydrogen) atoms. The SMILES string of the molecule is COc1ccc(CNC(=O)c2ccc(CCN)cc2)cc1. The molecular weight excluding hydrogens is 264 g/mol. The Morgan fingerprint density at radius 2 is 1.67 bits per heavy atom. The Bertz CT molecular complexity index is 577. The van der Waals surface area contributed by atoms with E-state index < -0.39 is 0 Å². The second kappa shape index (κ2) is 7.45. The molecule has 0 atom stereocenters. The molecule has 0 aliphatic carbocycles. The van der Waals surface area contributed by atoms with Crippen molar-refractivity contribution in [1.29, 1.82) is 0 Å². The van der Waals surface area contributed by atoms with Gasteiger partial charge in [0, 0.05) is 12.1 Å². The maximum absolute atomic E-state index is 12.0. The van der Waals surface area contributed by atoms with Crippen molar-refractivity contribution in [3.8, 4) is 5.75 Å². The zero-order valence-electron chi connectivity index (χ0n) is 12.1. The van der Waals surface area contributed by atoms with E-state index in [4.69, 9.17) is 10.5 Å². The fourth-order valence-corrected chi connectivity index (χ4v) is 2.02. The average Bonchev–Trinajstić information content (AvgIpc) is 2.54. The lowest BCUT2D eigenvalue weighted by Gasteiger charge is -2.07. The molecule has 0 saturated carbocycles. The lowest BCUT2D eigenvalue weighted by Crippen LogP contribution is -2.22. The van der Waals surface area contributed by atoms with E-state index in [9.17, 15) is 4.79 Å². The highest BCUT2D eigenvalue weighted by atomic mass is 16.5. The lowest BCUT2D eigenvalue weighted by molar-refractivity contribution is 0.0951. The molecule has 0 aromatic heterocycles. The molecule has 0 aliphatic heterocycles. The Hall–Kier alpha value is -2.33. The third kappa shape index (κ3) is 4.33. The number of nitrogens with two attached hydrogens (primary N) is 1. The van der Waals surface area contributed by atoms with Crippen molar-refractivity contribution in [3.05, 3.63) is 65.2 Å². The molecule has 0 unspecified atom stereocenters. The maximum atomic E-state index is 12.0. The Morgan fingerprint density at radius 3 is 2.24 bits per heavy atom. The van der Waals surface area contributed by atoms with Gasteiger partial charge in [0.15, 0.2) is 0 Å². The molecule has 0 spiro atoms. The van der Waals surface area contributed by atoms with Crippen molar-refractivity contribution in [3.63, 3.8) is 0 Å². The zero-order valence-corrected chi connectivity index (χ0v) is 12.1. The molecule has 0 heterocycles. The van der Waals surface area contributed by atoms with Gasteiger partial charge in [-0.3, -0.25) is 4.79 Å². The minimum Gasteiger partial charge on any atom is -0.497 e. The molecule has 0 fully saturated rings. The Kier molecular flexibility index (Phi) is 5.35. The van der Waals surface area contributed by atoms with Crippen LogP contribution < -0.4 is 15.8 Å². The molecule has 110 valence electrons. The molecule has 2 aromatic rings. The van der Waals surface area contributed by atoms with Gasteiger partial charge in [-0.25, -0.2) is 0 Å². The number of ether oxygens (including phenoxy) is 1. The van der Waals surface area contributed by atoms with Gasteiger partial charge in [-0.15, -0.1) is 0 Å². The predicted molar refractivity (Wildman–Crippen MR) is 83.4 cm³/mol. The van der Waals surface area contributed by atoms with Gasteiger partial charge in [-0.2, -0.15) is 0 Å². The summed E-state index contributed by atoms with van der Waals surface area (Å²) in [7, 11) is 1.63. The molecule has 0 saturated heterocycles. The first-order chi connectivity index (χ1) is 10.2. The van der Waals surface area contributed by atoms with Crippen molar-refractivity contribution in [2.24, 2.45) is 5.73 Å². The Balaban J connectivity index is 1.91. The molecular formula is C17H20N2O2. The molecule has 3 N–H and O–H groups in total. The molecule has 4 heteroatoms. The summed E-state index contributed by atoms with van der Waals surface area (Å²) in [5.74, 6) is 0.727. The summed E-state index contributed by atoms with van der Waals surface area (Å²) in [5.41, 5.74) is 8.33. The Morgan fingerprint density at radius 1 is 1.05 bits per heavy atom. The van der Waals surface area contributed by atoms with Gasteiger partial charge in [-0.1, -0.05) is 24.3 Å². The second-order valence-corrected chi connectivity index (χ2v) is 4.77. The van der Waals surface area contributed by atoms with E-state index in [1.807, 2.05) is 48.5 Å². The zero-order chi connectivity index (χ0) is 15.1. The number of carbonyl (C=O) groups is 1. The van der Waals surface area contributed by atoms with Gasteiger partial charge in [-0.05, 0) is 48.4 Å². The number of hydrogen-bond acceptors (Lipinski definition) is 3. The van der Waals surface area contributed by atoms with Crippen LogP contribution in [0.1, 0.15) is 21.5 Å². The van der Waals surface area contributed by atoms with E-state index in [1.165, 1.54) is 0 Å². The number of methoxy groups -OCH3 is 1. The van der Waals surface area contributed by atoms with Crippen LogP contribution in [0.25, 0.3) is 0 Å². The minimum absolute atomic E-state index is 0.0786.